The van der Waals surface area contributed by atoms with E-state index in [1.54, 1.807) is 21.6 Å². The number of amides is 1. The van der Waals surface area contributed by atoms with E-state index in [0.717, 1.165) is 38.3 Å². The Hall–Kier alpha value is -2.23. The first-order valence-corrected chi connectivity index (χ1v) is 12.3. The number of thiocarbonyl (C=S) groups is 1. The Morgan fingerprint density at radius 2 is 1.94 bits per heavy atom. The number of likely N-dealkylation sites (N-methyl/N-ethyl adjacent to an activating group) is 1. The molecule has 0 aliphatic carbocycles. The van der Waals surface area contributed by atoms with Crippen molar-refractivity contribution in [3.8, 4) is 0 Å². The Morgan fingerprint density at radius 1 is 1.22 bits per heavy atom. The fourth-order valence-corrected chi connectivity index (χ4v) is 5.35. The number of hydrogen-bond acceptors (Lipinski definition) is 7. The predicted octanol–water partition coefficient (Wildman–Crippen LogP) is 3.00. The number of rotatable bonds is 5. The molecule has 1 amide bonds. The highest BCUT2D eigenvalue weighted by Crippen LogP contribution is 2.34. The molecular weight excluding hydrogens is 442 g/mol. The summed E-state index contributed by atoms with van der Waals surface area (Å²) in [5.74, 6) is 0.816. The second-order valence-corrected chi connectivity index (χ2v) is 10.3. The first-order chi connectivity index (χ1) is 15.3. The van der Waals surface area contributed by atoms with Crippen LogP contribution >= 0.6 is 24.0 Å². The minimum absolute atomic E-state index is 0.135. The fourth-order valence-electron chi connectivity index (χ4n) is 4.10. The van der Waals surface area contributed by atoms with Gasteiger partial charge >= 0.3 is 0 Å². The van der Waals surface area contributed by atoms with Gasteiger partial charge in [0.1, 0.15) is 15.8 Å². The normalized spacial score (nSPS) is 19.2. The predicted molar refractivity (Wildman–Crippen MR) is 135 cm³/mol. The molecule has 0 unspecified atom stereocenters. The molecule has 4 heterocycles. The molecule has 0 atom stereocenters. The van der Waals surface area contributed by atoms with Crippen molar-refractivity contribution in [2.24, 2.45) is 5.92 Å². The maximum Gasteiger partial charge on any atom is 0.267 e. The highest BCUT2D eigenvalue weighted by molar-refractivity contribution is 8.26. The van der Waals surface area contributed by atoms with Crippen molar-refractivity contribution >= 4 is 51.7 Å². The van der Waals surface area contributed by atoms with Crippen LogP contribution < -0.4 is 10.5 Å². The fraction of sp³-hybridized carbons (Fsp3) is 0.478. The van der Waals surface area contributed by atoms with Gasteiger partial charge < -0.3 is 9.80 Å². The number of anilines is 1. The molecule has 0 saturated carbocycles. The molecule has 7 nitrogen and oxygen atoms in total. The van der Waals surface area contributed by atoms with Crippen LogP contribution in [0.4, 0.5) is 5.82 Å². The summed E-state index contributed by atoms with van der Waals surface area (Å²) in [6.45, 7) is 13.2. The highest BCUT2D eigenvalue weighted by Gasteiger charge is 2.33. The van der Waals surface area contributed by atoms with Gasteiger partial charge in [0.25, 0.3) is 11.5 Å². The van der Waals surface area contributed by atoms with E-state index in [2.05, 4.69) is 30.6 Å². The number of fused-ring (bicyclic) bond motifs is 1. The molecule has 0 bridgehead atoms. The molecule has 0 radical (unpaired) electrons. The summed E-state index contributed by atoms with van der Waals surface area (Å²) in [6.07, 6.45) is 3.43. The number of carbonyl (C=O) groups excluding carboxylic acids is 1. The minimum atomic E-state index is -0.166. The number of hydrogen-bond donors (Lipinski definition) is 0. The van der Waals surface area contributed by atoms with Gasteiger partial charge in [-0.25, -0.2) is 4.98 Å². The second-order valence-electron chi connectivity index (χ2n) is 8.65. The molecule has 0 spiro atoms. The standard InChI is InChI=1S/C23H29N5O2S2/c1-5-25-9-11-26(12-10-25)20-17(21(29)27-8-6-7-16(4)19(27)24-20)13-18-22(30)28(14-15(2)3)23(31)32-18/h6-8,13,15H,5,9-12,14H2,1-4H3/b18-13+. The average Bonchev–Trinajstić information content (AvgIpc) is 3.03. The smallest absolute Gasteiger partial charge is 0.267 e. The second kappa shape index (κ2) is 9.33. The number of aromatic nitrogens is 2. The van der Waals surface area contributed by atoms with Crippen molar-refractivity contribution in [2.45, 2.75) is 27.7 Å². The van der Waals surface area contributed by atoms with E-state index in [0.29, 0.717) is 38.7 Å². The SMILES string of the molecule is CCN1CCN(c2nc3c(C)cccn3c(=O)c2/C=C2/SC(=S)N(CC(C)C)C2=O)CC1. The van der Waals surface area contributed by atoms with Gasteiger partial charge in [0.05, 0.1) is 10.5 Å². The number of aryl methyl sites for hydroxylation is 1. The third-order valence-electron chi connectivity index (χ3n) is 5.88. The van der Waals surface area contributed by atoms with Gasteiger partial charge in [0.15, 0.2) is 0 Å². The topological polar surface area (TPSA) is 61.2 Å². The van der Waals surface area contributed by atoms with E-state index in [1.807, 2.05) is 19.1 Å². The van der Waals surface area contributed by atoms with E-state index >= 15 is 0 Å². The summed E-state index contributed by atoms with van der Waals surface area (Å²) in [7, 11) is 0. The Labute approximate surface area is 198 Å². The summed E-state index contributed by atoms with van der Waals surface area (Å²) in [5.41, 5.74) is 1.87. The highest BCUT2D eigenvalue weighted by atomic mass is 32.2. The van der Waals surface area contributed by atoms with Gasteiger partial charge in [0, 0.05) is 38.9 Å². The third kappa shape index (κ3) is 4.33. The molecule has 2 aliphatic rings. The van der Waals surface area contributed by atoms with Crippen LogP contribution in [0.25, 0.3) is 11.7 Å². The lowest BCUT2D eigenvalue weighted by molar-refractivity contribution is -0.122. The van der Waals surface area contributed by atoms with Crippen LogP contribution in [0.15, 0.2) is 28.0 Å². The Balaban J connectivity index is 1.82. The van der Waals surface area contributed by atoms with Crippen molar-refractivity contribution in [1.82, 2.24) is 19.2 Å². The van der Waals surface area contributed by atoms with Crippen molar-refractivity contribution in [2.75, 3.05) is 44.2 Å². The maximum absolute atomic E-state index is 13.6. The van der Waals surface area contributed by atoms with Gasteiger partial charge in [-0.3, -0.25) is 18.9 Å². The van der Waals surface area contributed by atoms with Crippen LogP contribution in [-0.4, -0.2) is 68.7 Å². The summed E-state index contributed by atoms with van der Waals surface area (Å²) in [4.78, 5) is 38.2. The Bertz CT molecular complexity index is 1150. The zero-order valence-electron chi connectivity index (χ0n) is 19.0. The molecule has 170 valence electrons. The molecule has 9 heteroatoms. The monoisotopic (exact) mass is 471 g/mol. The summed E-state index contributed by atoms with van der Waals surface area (Å²) in [5, 5.41) is 0. The van der Waals surface area contributed by atoms with E-state index in [9.17, 15) is 9.59 Å². The maximum atomic E-state index is 13.6. The van der Waals surface area contributed by atoms with Crippen LogP contribution in [-0.2, 0) is 4.79 Å². The van der Waals surface area contributed by atoms with Crippen LogP contribution in [0.5, 0.6) is 0 Å². The molecular formula is C23H29N5O2S2. The lowest BCUT2D eigenvalue weighted by Gasteiger charge is -2.35. The van der Waals surface area contributed by atoms with Crippen LogP contribution in [0, 0.1) is 12.8 Å². The first-order valence-electron chi connectivity index (χ1n) is 11.0. The molecule has 32 heavy (non-hydrogen) atoms. The van der Waals surface area contributed by atoms with Crippen LogP contribution in [0.1, 0.15) is 31.9 Å². The molecule has 0 aromatic carbocycles. The molecule has 2 fully saturated rings. The van der Waals surface area contributed by atoms with Gasteiger partial charge in [-0.1, -0.05) is 50.8 Å². The molecule has 2 aliphatic heterocycles. The Kier molecular flexibility index (Phi) is 6.69. The van der Waals surface area contributed by atoms with E-state index < -0.39 is 0 Å². The molecule has 4 rings (SSSR count). The number of pyridine rings is 1. The molecule has 2 saturated heterocycles. The van der Waals surface area contributed by atoms with Crippen molar-refractivity contribution in [3.63, 3.8) is 0 Å². The van der Waals surface area contributed by atoms with Gasteiger partial charge in [-0.15, -0.1) is 0 Å². The molecule has 0 N–H and O–H groups in total. The van der Waals surface area contributed by atoms with E-state index in [1.165, 1.54) is 11.8 Å². The Morgan fingerprint density at radius 3 is 2.59 bits per heavy atom. The van der Waals surface area contributed by atoms with Crippen LogP contribution in [0.2, 0.25) is 0 Å². The van der Waals surface area contributed by atoms with Crippen LogP contribution in [0.3, 0.4) is 0 Å². The third-order valence-corrected chi connectivity index (χ3v) is 7.26. The zero-order chi connectivity index (χ0) is 23.0. The van der Waals surface area contributed by atoms with Gasteiger partial charge in [-0.05, 0) is 37.1 Å². The quantitative estimate of drug-likeness (QED) is 0.491. The molecule has 2 aromatic rings. The van der Waals surface area contributed by atoms with E-state index in [4.69, 9.17) is 17.2 Å². The lowest BCUT2D eigenvalue weighted by Crippen LogP contribution is -2.47. The lowest BCUT2D eigenvalue weighted by atomic mass is 10.2. The zero-order valence-corrected chi connectivity index (χ0v) is 20.6. The number of thioether (sulfide) groups is 1. The van der Waals surface area contributed by atoms with Gasteiger partial charge in [0.2, 0.25) is 0 Å². The largest absolute Gasteiger partial charge is 0.353 e. The number of piperazine rings is 1. The number of nitrogens with zero attached hydrogens (tertiary/aromatic N) is 5. The van der Waals surface area contributed by atoms with Gasteiger partial charge in [-0.2, -0.15) is 0 Å². The summed E-state index contributed by atoms with van der Waals surface area (Å²) in [6, 6.07) is 3.80. The number of carbonyl (C=O) groups is 1. The summed E-state index contributed by atoms with van der Waals surface area (Å²) < 4.78 is 2.11. The van der Waals surface area contributed by atoms with Crippen molar-refractivity contribution in [1.29, 1.82) is 0 Å². The minimum Gasteiger partial charge on any atom is -0.353 e. The molecule has 2 aromatic heterocycles. The average molecular weight is 472 g/mol. The summed E-state index contributed by atoms with van der Waals surface area (Å²) >= 11 is 6.71. The van der Waals surface area contributed by atoms with E-state index in [-0.39, 0.29) is 11.5 Å². The first kappa shape index (κ1) is 22.9. The van der Waals surface area contributed by atoms with Crippen molar-refractivity contribution in [3.05, 3.63) is 44.7 Å². The van der Waals surface area contributed by atoms with Crippen molar-refractivity contribution < 1.29 is 4.79 Å².